The summed E-state index contributed by atoms with van der Waals surface area (Å²) in [5.41, 5.74) is 3.87. The fourth-order valence-electron chi connectivity index (χ4n) is 4.27. The van der Waals surface area contributed by atoms with Crippen molar-refractivity contribution in [1.29, 1.82) is 0 Å². The average Bonchev–Trinajstić information content (AvgIpc) is 3.50. The Morgan fingerprint density at radius 1 is 1.24 bits per heavy atom. The summed E-state index contributed by atoms with van der Waals surface area (Å²) in [6.07, 6.45) is 7.62. The molecular weight excluding hydrogens is 434 g/mol. The van der Waals surface area contributed by atoms with Crippen molar-refractivity contribution in [3.8, 4) is 5.75 Å². The number of amides is 1. The summed E-state index contributed by atoms with van der Waals surface area (Å²) in [4.78, 5) is 21.5. The van der Waals surface area contributed by atoms with Crippen molar-refractivity contribution in [3.05, 3.63) is 63.9 Å². The number of carbonyl (C=O) groups excluding carboxylic acids is 1. The number of nitrogens with one attached hydrogen (secondary N) is 1. The molecule has 0 radical (unpaired) electrons. The van der Waals surface area contributed by atoms with Crippen LogP contribution in [0.1, 0.15) is 58.8 Å². The minimum Gasteiger partial charge on any atom is -0.496 e. The number of ether oxygens (including phenoxy) is 1. The normalized spacial score (nSPS) is 13.2. The Morgan fingerprint density at radius 2 is 2.06 bits per heavy atom. The van der Waals surface area contributed by atoms with Crippen LogP contribution in [0.2, 0.25) is 0 Å². The highest BCUT2D eigenvalue weighted by Crippen LogP contribution is 2.40. The van der Waals surface area contributed by atoms with Crippen LogP contribution in [-0.4, -0.2) is 32.3 Å². The number of rotatable bonds is 9. The second-order valence-corrected chi connectivity index (χ2v) is 9.09. The Morgan fingerprint density at radius 3 is 2.79 bits per heavy atom. The lowest BCUT2D eigenvalue weighted by Gasteiger charge is -2.22. The molecule has 3 aromatic rings. The van der Waals surface area contributed by atoms with Gasteiger partial charge in [0.2, 0.25) is 0 Å². The highest BCUT2D eigenvalue weighted by atomic mass is 32.1. The van der Waals surface area contributed by atoms with Gasteiger partial charge in [0, 0.05) is 41.5 Å². The molecule has 174 valence electrons. The summed E-state index contributed by atoms with van der Waals surface area (Å²) in [6, 6.07) is 9.84. The Kier molecular flexibility index (Phi) is 7.50. The number of anilines is 1. The molecule has 1 aliphatic rings. The second-order valence-electron chi connectivity index (χ2n) is 8.01. The lowest BCUT2D eigenvalue weighted by molar-refractivity contribution is 0.0948. The van der Waals surface area contributed by atoms with Gasteiger partial charge in [0.25, 0.3) is 5.91 Å². The van der Waals surface area contributed by atoms with E-state index in [4.69, 9.17) is 14.1 Å². The maximum Gasteiger partial charge on any atom is 0.255 e. The first-order valence-corrected chi connectivity index (χ1v) is 12.4. The number of hydrogen-bond donors (Lipinski definition) is 1. The molecule has 2 heterocycles. The van der Waals surface area contributed by atoms with E-state index in [0.717, 1.165) is 72.1 Å². The number of benzene rings is 1. The third kappa shape index (κ3) is 5.14. The Balaban J connectivity index is 1.62. The topological polar surface area (TPSA) is 67.1 Å². The molecular formula is C26H31N3O3S. The highest BCUT2D eigenvalue weighted by molar-refractivity contribution is 7.16. The largest absolute Gasteiger partial charge is 0.496 e. The van der Waals surface area contributed by atoms with Gasteiger partial charge in [-0.05, 0) is 69.4 Å². The maximum atomic E-state index is 13.2. The van der Waals surface area contributed by atoms with Gasteiger partial charge in [-0.3, -0.25) is 4.79 Å². The summed E-state index contributed by atoms with van der Waals surface area (Å²) >= 11 is 1.63. The third-order valence-electron chi connectivity index (χ3n) is 6.05. The number of fused-ring (bicyclic) bond motifs is 1. The zero-order valence-corrected chi connectivity index (χ0v) is 20.3. The third-order valence-corrected chi connectivity index (χ3v) is 7.25. The Hall–Kier alpha value is -3.06. The van der Waals surface area contributed by atoms with Gasteiger partial charge in [0.05, 0.1) is 25.5 Å². The van der Waals surface area contributed by atoms with Gasteiger partial charge < -0.3 is 19.4 Å². The molecule has 1 aromatic carbocycles. The van der Waals surface area contributed by atoms with Crippen molar-refractivity contribution in [3.63, 3.8) is 0 Å². The number of carbonyl (C=O) groups is 1. The molecule has 0 fully saturated rings. The van der Waals surface area contributed by atoms with Crippen molar-refractivity contribution in [2.24, 2.45) is 4.99 Å². The zero-order valence-electron chi connectivity index (χ0n) is 19.5. The molecule has 7 heteroatoms. The number of thiophene rings is 1. The fraction of sp³-hybridized carbons (Fsp3) is 0.385. The lowest BCUT2D eigenvalue weighted by Crippen LogP contribution is -2.23. The number of nitrogens with zero attached hydrogens (tertiary/aromatic N) is 2. The van der Waals surface area contributed by atoms with Crippen LogP contribution < -0.4 is 15.0 Å². The monoisotopic (exact) mass is 465 g/mol. The Labute approximate surface area is 199 Å². The van der Waals surface area contributed by atoms with Crippen molar-refractivity contribution >= 4 is 34.1 Å². The van der Waals surface area contributed by atoms with Crippen LogP contribution in [0.4, 0.5) is 10.7 Å². The minimum atomic E-state index is -0.0956. The SMILES string of the molecule is CCN(CC)c1ccc(C=Nc2sc3c(c2C(=O)NCc2ccco2)CCCC3)c(OC)c1. The number of furan rings is 1. The van der Waals surface area contributed by atoms with Crippen LogP contribution in [0.15, 0.2) is 46.0 Å². The number of aliphatic imine (C=N–C) groups is 1. The van der Waals surface area contributed by atoms with Gasteiger partial charge in [-0.15, -0.1) is 11.3 Å². The van der Waals surface area contributed by atoms with Gasteiger partial charge in [-0.2, -0.15) is 0 Å². The number of hydrogen-bond acceptors (Lipinski definition) is 6. The molecule has 1 amide bonds. The Bertz CT molecular complexity index is 1110. The van der Waals surface area contributed by atoms with E-state index in [1.165, 1.54) is 4.88 Å². The minimum absolute atomic E-state index is 0.0956. The summed E-state index contributed by atoms with van der Waals surface area (Å²) in [6.45, 7) is 6.51. The van der Waals surface area contributed by atoms with Gasteiger partial charge in [0.15, 0.2) is 0 Å². The molecule has 2 aromatic heterocycles. The predicted molar refractivity (Wildman–Crippen MR) is 135 cm³/mol. The van der Waals surface area contributed by atoms with Crippen LogP contribution in [-0.2, 0) is 19.4 Å². The van der Waals surface area contributed by atoms with E-state index < -0.39 is 0 Å². The quantitative estimate of drug-likeness (QED) is 0.408. The molecule has 0 unspecified atom stereocenters. The highest BCUT2D eigenvalue weighted by Gasteiger charge is 2.25. The van der Waals surface area contributed by atoms with E-state index in [0.29, 0.717) is 12.1 Å². The summed E-state index contributed by atoms with van der Waals surface area (Å²) in [5.74, 6) is 1.41. The molecule has 0 aliphatic heterocycles. The van der Waals surface area contributed by atoms with Gasteiger partial charge in [-0.25, -0.2) is 4.99 Å². The van der Waals surface area contributed by atoms with Gasteiger partial charge in [0.1, 0.15) is 16.5 Å². The second kappa shape index (κ2) is 10.7. The summed E-state index contributed by atoms with van der Waals surface area (Å²) in [7, 11) is 1.68. The molecule has 6 nitrogen and oxygen atoms in total. The van der Waals surface area contributed by atoms with Crippen LogP contribution in [0, 0.1) is 0 Å². The van der Waals surface area contributed by atoms with E-state index in [2.05, 4.69) is 30.1 Å². The maximum absolute atomic E-state index is 13.2. The van der Waals surface area contributed by atoms with E-state index in [9.17, 15) is 4.79 Å². The van der Waals surface area contributed by atoms with Gasteiger partial charge in [-0.1, -0.05) is 0 Å². The number of aryl methyl sites for hydroxylation is 1. The van der Waals surface area contributed by atoms with Crippen LogP contribution >= 0.6 is 11.3 Å². The summed E-state index contributed by atoms with van der Waals surface area (Å²) < 4.78 is 11.0. The lowest BCUT2D eigenvalue weighted by atomic mass is 9.95. The molecule has 0 saturated carbocycles. The van der Waals surface area contributed by atoms with Crippen LogP contribution in [0.5, 0.6) is 5.75 Å². The molecule has 0 bridgehead atoms. The van der Waals surface area contributed by atoms with E-state index in [1.54, 1.807) is 24.7 Å². The first-order chi connectivity index (χ1) is 16.1. The molecule has 1 N–H and O–H groups in total. The van der Waals surface area contributed by atoms with Crippen LogP contribution in [0.3, 0.4) is 0 Å². The molecule has 0 spiro atoms. The van der Waals surface area contributed by atoms with Crippen molar-refractivity contribution < 1.29 is 13.9 Å². The molecule has 33 heavy (non-hydrogen) atoms. The first-order valence-electron chi connectivity index (χ1n) is 11.6. The smallest absolute Gasteiger partial charge is 0.255 e. The number of methoxy groups -OCH3 is 1. The van der Waals surface area contributed by atoms with E-state index in [1.807, 2.05) is 30.5 Å². The predicted octanol–water partition coefficient (Wildman–Crippen LogP) is 5.76. The van der Waals surface area contributed by atoms with Gasteiger partial charge >= 0.3 is 0 Å². The van der Waals surface area contributed by atoms with Crippen molar-refractivity contribution in [1.82, 2.24) is 5.32 Å². The molecule has 0 saturated heterocycles. The molecule has 1 aliphatic carbocycles. The average molecular weight is 466 g/mol. The first kappa shape index (κ1) is 23.1. The van der Waals surface area contributed by atoms with Crippen LogP contribution in [0.25, 0.3) is 0 Å². The van der Waals surface area contributed by atoms with E-state index >= 15 is 0 Å². The standard InChI is InChI=1S/C26H31N3O3S/c1-4-29(5-2)19-13-12-18(22(15-19)31-3)16-28-26-24(21-10-6-7-11-23(21)33-26)25(30)27-17-20-9-8-14-32-20/h8-9,12-16H,4-7,10-11,17H2,1-3H3,(H,27,30). The molecule has 0 atom stereocenters. The van der Waals surface area contributed by atoms with E-state index in [-0.39, 0.29) is 5.91 Å². The molecule has 4 rings (SSSR count). The van der Waals surface area contributed by atoms with Crippen molar-refractivity contribution in [2.45, 2.75) is 46.1 Å². The van der Waals surface area contributed by atoms with Crippen molar-refractivity contribution in [2.75, 3.05) is 25.1 Å². The fourth-order valence-corrected chi connectivity index (χ4v) is 5.50. The summed E-state index contributed by atoms with van der Waals surface area (Å²) in [5, 5.41) is 3.76. The zero-order chi connectivity index (χ0) is 23.2.